The molecule has 0 fully saturated rings. The maximum Gasteiger partial charge on any atom is 0.343 e. The van der Waals surface area contributed by atoms with E-state index in [0.717, 1.165) is 55.0 Å². The Morgan fingerprint density at radius 1 is 0.707 bits per heavy atom. The van der Waals surface area contributed by atoms with Crippen molar-refractivity contribution in [2.24, 2.45) is 0 Å². The average Bonchev–Trinajstić information content (AvgIpc) is 2.95. The number of fused-ring (bicyclic) bond motifs is 1. The van der Waals surface area contributed by atoms with E-state index in [1.54, 1.807) is 12.1 Å². The van der Waals surface area contributed by atoms with Crippen molar-refractivity contribution < 1.29 is 14.6 Å². The van der Waals surface area contributed by atoms with Gasteiger partial charge < -0.3 is 9.84 Å². The minimum atomic E-state index is -0.404. The maximum absolute atomic E-state index is 12.9. The van der Waals surface area contributed by atoms with Gasteiger partial charge in [0.15, 0.2) is 0 Å². The summed E-state index contributed by atoms with van der Waals surface area (Å²) in [6.07, 6.45) is 16.2. The Morgan fingerprint density at radius 2 is 1.22 bits per heavy atom. The molecule has 3 nitrogen and oxygen atoms in total. The fourth-order valence-corrected chi connectivity index (χ4v) is 4.94. The van der Waals surface area contributed by atoms with Gasteiger partial charge in [0.1, 0.15) is 11.5 Å². The van der Waals surface area contributed by atoms with Crippen molar-refractivity contribution in [1.82, 2.24) is 0 Å². The number of allylic oxidation sites excluding steroid dienone is 8. The molecule has 0 aliphatic carbocycles. The Balaban J connectivity index is 1.65. The van der Waals surface area contributed by atoms with Crippen LogP contribution in [0.3, 0.4) is 0 Å². The van der Waals surface area contributed by atoms with Crippen LogP contribution >= 0.6 is 0 Å². The van der Waals surface area contributed by atoms with Gasteiger partial charge in [-0.15, -0.1) is 0 Å². The summed E-state index contributed by atoms with van der Waals surface area (Å²) in [6, 6.07) is 16.5. The van der Waals surface area contributed by atoms with Gasteiger partial charge >= 0.3 is 5.97 Å². The second-order valence-corrected chi connectivity index (χ2v) is 11.3. The number of hydrogen-bond donors (Lipinski definition) is 1. The van der Waals surface area contributed by atoms with Crippen molar-refractivity contribution in [3.05, 3.63) is 118 Å². The van der Waals surface area contributed by atoms with Crippen LogP contribution in [0.1, 0.15) is 94.6 Å². The van der Waals surface area contributed by atoms with Gasteiger partial charge in [-0.3, -0.25) is 0 Å². The van der Waals surface area contributed by atoms with Crippen LogP contribution in [0.2, 0.25) is 0 Å². The molecule has 3 aromatic carbocycles. The third-order valence-electron chi connectivity index (χ3n) is 7.52. The fourth-order valence-electron chi connectivity index (χ4n) is 4.94. The molecule has 0 amide bonds. The predicted molar refractivity (Wildman–Crippen MR) is 174 cm³/mol. The Labute approximate surface area is 247 Å². The van der Waals surface area contributed by atoms with Gasteiger partial charge in [-0.1, -0.05) is 89.1 Å². The van der Waals surface area contributed by atoms with E-state index < -0.39 is 5.97 Å². The van der Waals surface area contributed by atoms with Crippen molar-refractivity contribution in [1.29, 1.82) is 0 Å². The van der Waals surface area contributed by atoms with Gasteiger partial charge in [-0.25, -0.2) is 4.79 Å². The highest BCUT2D eigenvalue weighted by Gasteiger charge is 2.19. The summed E-state index contributed by atoms with van der Waals surface area (Å²) in [7, 11) is 0. The van der Waals surface area contributed by atoms with Crippen LogP contribution < -0.4 is 4.74 Å². The molecule has 0 saturated carbocycles. The number of phenols is 1. The van der Waals surface area contributed by atoms with Gasteiger partial charge in [0.2, 0.25) is 0 Å². The van der Waals surface area contributed by atoms with E-state index >= 15 is 0 Å². The minimum absolute atomic E-state index is 0.251. The summed E-state index contributed by atoms with van der Waals surface area (Å²) in [5, 5.41) is 12.6. The summed E-state index contributed by atoms with van der Waals surface area (Å²) < 4.78 is 5.93. The third kappa shape index (κ3) is 9.63. The van der Waals surface area contributed by atoms with Gasteiger partial charge in [0.25, 0.3) is 0 Å². The van der Waals surface area contributed by atoms with Crippen LogP contribution in [0.15, 0.2) is 101 Å². The molecule has 0 aromatic heterocycles. The molecule has 3 rings (SSSR count). The van der Waals surface area contributed by atoms with Crippen molar-refractivity contribution in [3.63, 3.8) is 0 Å². The fraction of sp³-hybridized carbons (Fsp3) is 0.342. The van der Waals surface area contributed by atoms with Gasteiger partial charge in [0.05, 0.1) is 5.56 Å². The molecule has 0 spiro atoms. The van der Waals surface area contributed by atoms with Crippen molar-refractivity contribution in [3.8, 4) is 11.5 Å². The van der Waals surface area contributed by atoms with Crippen molar-refractivity contribution >= 4 is 16.7 Å². The van der Waals surface area contributed by atoms with E-state index in [2.05, 4.69) is 58.9 Å². The number of carbonyl (C=O) groups excluding carboxylic acids is 1. The number of rotatable bonds is 13. The molecule has 3 aromatic rings. The van der Waals surface area contributed by atoms with Crippen molar-refractivity contribution in [2.75, 3.05) is 0 Å². The lowest BCUT2D eigenvalue weighted by molar-refractivity contribution is 0.0735. The van der Waals surface area contributed by atoms with Crippen LogP contribution in [0.25, 0.3) is 10.8 Å². The molecule has 0 atom stereocenters. The predicted octanol–water partition coefficient (Wildman–Crippen LogP) is 10.8. The zero-order chi connectivity index (χ0) is 29.8. The van der Waals surface area contributed by atoms with E-state index in [-0.39, 0.29) is 5.75 Å². The molecule has 3 heteroatoms. The molecule has 0 unspecified atom stereocenters. The summed E-state index contributed by atoms with van der Waals surface area (Å²) in [5.74, 6) is 0.355. The van der Waals surface area contributed by atoms with Crippen LogP contribution in [0.4, 0.5) is 0 Å². The summed E-state index contributed by atoms with van der Waals surface area (Å²) in [6.45, 7) is 12.8. The highest BCUT2D eigenvalue weighted by Crippen LogP contribution is 2.40. The Bertz CT molecular complexity index is 1450. The third-order valence-corrected chi connectivity index (χ3v) is 7.52. The Kier molecular flexibility index (Phi) is 12.2. The standard InChI is InChI=1S/C38H46O3/c1-27(2)15-12-16-28(3)17-13-18-29(4)19-14-20-30(5)25-26-33-31(6)37(35-24-11-10-23-34(35)36(33)39)41-38(40)32-21-8-7-9-22-32/h7-11,15,17,19,21-25,39H,12-14,16,18,20,26H2,1-6H3/b28-17+,29-19+,30-25+. The molecule has 0 aliphatic rings. The van der Waals surface area contributed by atoms with Gasteiger partial charge in [-0.05, 0) is 104 Å². The van der Waals surface area contributed by atoms with Crippen LogP contribution in [-0.2, 0) is 6.42 Å². The molecule has 41 heavy (non-hydrogen) atoms. The van der Waals surface area contributed by atoms with E-state index in [1.807, 2.05) is 49.4 Å². The van der Waals surface area contributed by atoms with E-state index in [9.17, 15) is 9.90 Å². The molecule has 0 bridgehead atoms. The number of aromatic hydroxyl groups is 1. The van der Waals surface area contributed by atoms with E-state index in [4.69, 9.17) is 4.74 Å². The Hall–Kier alpha value is -3.85. The molecule has 1 N–H and O–H groups in total. The second-order valence-electron chi connectivity index (χ2n) is 11.3. The smallest absolute Gasteiger partial charge is 0.343 e. The molecular weight excluding hydrogens is 504 g/mol. The zero-order valence-corrected chi connectivity index (χ0v) is 25.7. The van der Waals surface area contributed by atoms with Crippen LogP contribution in [-0.4, -0.2) is 11.1 Å². The quantitative estimate of drug-likeness (QED) is 0.131. The monoisotopic (exact) mass is 550 g/mol. The van der Waals surface area contributed by atoms with Gasteiger partial charge in [0, 0.05) is 16.3 Å². The average molecular weight is 551 g/mol. The minimum Gasteiger partial charge on any atom is -0.507 e. The number of hydrogen-bond acceptors (Lipinski definition) is 3. The van der Waals surface area contributed by atoms with Gasteiger partial charge in [-0.2, -0.15) is 0 Å². The lowest BCUT2D eigenvalue weighted by atomic mass is 9.95. The lowest BCUT2D eigenvalue weighted by Gasteiger charge is -2.17. The molecule has 0 radical (unpaired) electrons. The van der Waals surface area contributed by atoms with Crippen molar-refractivity contribution in [2.45, 2.75) is 86.5 Å². The normalized spacial score (nSPS) is 12.5. The first-order valence-electron chi connectivity index (χ1n) is 14.8. The molecule has 0 heterocycles. The first-order valence-corrected chi connectivity index (χ1v) is 14.8. The molecule has 0 aliphatic heterocycles. The summed E-state index contributed by atoms with van der Waals surface area (Å²) in [5.41, 5.74) is 7.64. The number of ether oxygens (including phenoxy) is 1. The summed E-state index contributed by atoms with van der Waals surface area (Å²) in [4.78, 5) is 12.9. The first kappa shape index (κ1) is 31.7. The number of phenolic OH excluding ortho intramolecular Hbond substituents is 1. The Morgan fingerprint density at radius 3 is 1.80 bits per heavy atom. The molecule has 216 valence electrons. The summed E-state index contributed by atoms with van der Waals surface area (Å²) >= 11 is 0. The lowest BCUT2D eigenvalue weighted by Crippen LogP contribution is -2.10. The van der Waals surface area contributed by atoms with Crippen LogP contribution in [0, 0.1) is 6.92 Å². The van der Waals surface area contributed by atoms with E-state index in [1.165, 1.54) is 22.3 Å². The molecular formula is C38H46O3. The SMILES string of the molecule is CC(C)=CCC/C(C)=C/CC/C(C)=C/CC/C(C)=C/Cc1c(C)c(OC(=O)c2ccccc2)c2ccccc2c1O. The topological polar surface area (TPSA) is 46.5 Å². The highest BCUT2D eigenvalue weighted by atomic mass is 16.5. The second kappa shape index (κ2) is 15.8. The highest BCUT2D eigenvalue weighted by molar-refractivity contribution is 5.99. The zero-order valence-electron chi connectivity index (χ0n) is 25.7. The molecule has 0 saturated heterocycles. The van der Waals surface area contributed by atoms with Crippen LogP contribution in [0.5, 0.6) is 11.5 Å². The van der Waals surface area contributed by atoms with E-state index in [0.29, 0.717) is 23.1 Å². The number of carbonyl (C=O) groups is 1. The largest absolute Gasteiger partial charge is 0.507 e. The first-order chi connectivity index (χ1) is 19.7. The number of esters is 1. The maximum atomic E-state index is 12.9. The number of benzene rings is 3.